The Morgan fingerprint density at radius 2 is 2.22 bits per heavy atom. The Morgan fingerprint density at radius 1 is 1.56 bits per heavy atom. The van der Waals surface area contributed by atoms with Gasteiger partial charge in [-0.2, -0.15) is 0 Å². The number of hydroxylamine groups is 1. The summed E-state index contributed by atoms with van der Waals surface area (Å²) >= 11 is 0. The minimum atomic E-state index is -0.0301. The minimum Gasteiger partial charge on any atom is -0.254 e. The number of hydrogen-bond donors (Lipinski definition) is 1. The Balaban J connectivity index is 2.53. The number of nitrogens with zero attached hydrogens (tertiary/aromatic N) is 1. The molecule has 1 rings (SSSR count). The van der Waals surface area contributed by atoms with Crippen LogP contribution in [0.15, 0.2) is 4.99 Å². The van der Waals surface area contributed by atoms with Crippen LogP contribution in [0.3, 0.4) is 0 Å². The Labute approximate surface area is 55.1 Å². The third-order valence-electron chi connectivity index (χ3n) is 1.18. The first kappa shape index (κ1) is 6.55. The zero-order chi connectivity index (χ0) is 6.91. The van der Waals surface area contributed by atoms with E-state index < -0.39 is 0 Å². The van der Waals surface area contributed by atoms with Gasteiger partial charge in [0, 0.05) is 5.41 Å². The molecule has 0 aromatic heterocycles. The molecule has 52 valence electrons. The molecule has 3 nitrogen and oxygen atoms in total. The predicted octanol–water partition coefficient (Wildman–Crippen LogP) is 0.922. The molecular formula is C6H12N2O. The molecule has 0 amide bonds. The zero-order valence-electron chi connectivity index (χ0n) is 6.01. The van der Waals surface area contributed by atoms with E-state index in [-0.39, 0.29) is 11.6 Å². The molecule has 0 aliphatic carbocycles. The molecule has 0 fully saturated rings. The highest BCUT2D eigenvalue weighted by atomic mass is 16.7. The molecule has 0 radical (unpaired) electrons. The number of rotatable bonds is 0. The molecule has 0 aromatic rings. The first-order chi connectivity index (χ1) is 4.11. The highest BCUT2D eigenvalue weighted by Gasteiger charge is 2.26. The van der Waals surface area contributed by atoms with Gasteiger partial charge in [0.2, 0.25) is 0 Å². The number of nitrogens with one attached hydrogen (secondary N) is 1. The summed E-state index contributed by atoms with van der Waals surface area (Å²) in [5.41, 5.74) is 2.68. The summed E-state index contributed by atoms with van der Waals surface area (Å²) in [6, 6.07) is 0. The fraction of sp³-hybridized carbons (Fsp3) is 0.833. The van der Waals surface area contributed by atoms with E-state index in [4.69, 9.17) is 4.84 Å². The van der Waals surface area contributed by atoms with E-state index in [0.29, 0.717) is 0 Å². The van der Waals surface area contributed by atoms with Gasteiger partial charge in [-0.3, -0.25) is 5.48 Å². The van der Waals surface area contributed by atoms with Crippen molar-refractivity contribution in [1.82, 2.24) is 5.48 Å². The fourth-order valence-electron chi connectivity index (χ4n) is 0.624. The van der Waals surface area contributed by atoms with E-state index in [0.717, 1.165) is 0 Å². The van der Waals surface area contributed by atoms with Gasteiger partial charge < -0.3 is 0 Å². The third kappa shape index (κ3) is 1.42. The van der Waals surface area contributed by atoms with E-state index in [2.05, 4.69) is 31.2 Å². The topological polar surface area (TPSA) is 33.6 Å². The summed E-state index contributed by atoms with van der Waals surface area (Å²) in [6.45, 7) is 6.26. The van der Waals surface area contributed by atoms with E-state index >= 15 is 0 Å². The Morgan fingerprint density at radius 3 is 2.44 bits per heavy atom. The van der Waals surface area contributed by atoms with Gasteiger partial charge in [-0.25, -0.2) is 9.83 Å². The van der Waals surface area contributed by atoms with Crippen molar-refractivity contribution in [1.29, 1.82) is 0 Å². The van der Waals surface area contributed by atoms with Gasteiger partial charge in [0.15, 0.2) is 6.23 Å². The van der Waals surface area contributed by atoms with Crippen molar-refractivity contribution in [3.05, 3.63) is 0 Å². The third-order valence-corrected chi connectivity index (χ3v) is 1.18. The Hall–Kier alpha value is -0.570. The van der Waals surface area contributed by atoms with Crippen LogP contribution in [0, 0.1) is 5.41 Å². The maximum Gasteiger partial charge on any atom is 0.181 e. The molecule has 0 bridgehead atoms. The van der Waals surface area contributed by atoms with Crippen LogP contribution in [0.1, 0.15) is 20.8 Å². The second kappa shape index (κ2) is 1.99. The highest BCUT2D eigenvalue weighted by Crippen LogP contribution is 2.23. The maximum absolute atomic E-state index is 5.05. The SMILES string of the molecule is CC(C)(C)C1N=CNO1. The van der Waals surface area contributed by atoms with Gasteiger partial charge >= 0.3 is 0 Å². The summed E-state index contributed by atoms with van der Waals surface area (Å²) < 4.78 is 0. The molecule has 1 aliphatic rings. The summed E-state index contributed by atoms with van der Waals surface area (Å²) in [5, 5.41) is 0. The van der Waals surface area contributed by atoms with Crippen molar-refractivity contribution in [2.75, 3.05) is 0 Å². The van der Waals surface area contributed by atoms with Crippen LogP contribution >= 0.6 is 0 Å². The second-order valence-corrected chi connectivity index (χ2v) is 3.23. The van der Waals surface area contributed by atoms with E-state index in [9.17, 15) is 0 Å². The summed E-state index contributed by atoms with van der Waals surface area (Å²) in [6.07, 6.45) is 1.55. The zero-order valence-corrected chi connectivity index (χ0v) is 6.01. The van der Waals surface area contributed by atoms with Crippen LogP contribution in [0.2, 0.25) is 0 Å². The molecule has 3 heteroatoms. The van der Waals surface area contributed by atoms with Crippen molar-refractivity contribution in [3.63, 3.8) is 0 Å². The molecule has 9 heavy (non-hydrogen) atoms. The molecule has 1 N–H and O–H groups in total. The highest BCUT2D eigenvalue weighted by molar-refractivity contribution is 5.54. The van der Waals surface area contributed by atoms with Crippen LogP contribution in [-0.2, 0) is 4.84 Å². The van der Waals surface area contributed by atoms with Crippen molar-refractivity contribution >= 4 is 6.34 Å². The number of hydrogen-bond acceptors (Lipinski definition) is 3. The smallest absolute Gasteiger partial charge is 0.181 e. The summed E-state index contributed by atoms with van der Waals surface area (Å²) in [7, 11) is 0. The van der Waals surface area contributed by atoms with Gasteiger partial charge in [-0.05, 0) is 0 Å². The maximum atomic E-state index is 5.05. The van der Waals surface area contributed by atoms with Gasteiger partial charge in [-0.15, -0.1) is 0 Å². The lowest BCUT2D eigenvalue weighted by molar-refractivity contribution is -0.0252. The van der Waals surface area contributed by atoms with Crippen LogP contribution in [0.5, 0.6) is 0 Å². The van der Waals surface area contributed by atoms with Crippen LogP contribution in [0.25, 0.3) is 0 Å². The summed E-state index contributed by atoms with van der Waals surface area (Å²) in [5.74, 6) is 0. The molecule has 0 aromatic carbocycles. The molecule has 1 unspecified atom stereocenters. The fourth-order valence-corrected chi connectivity index (χ4v) is 0.624. The van der Waals surface area contributed by atoms with Crippen molar-refractivity contribution < 1.29 is 4.84 Å². The van der Waals surface area contributed by atoms with Gasteiger partial charge in [0.1, 0.15) is 6.34 Å². The largest absolute Gasteiger partial charge is 0.254 e. The molecule has 0 spiro atoms. The average Bonchev–Trinajstić information content (AvgIpc) is 2.08. The average molecular weight is 128 g/mol. The predicted molar refractivity (Wildman–Crippen MR) is 36.0 cm³/mol. The van der Waals surface area contributed by atoms with Gasteiger partial charge in [0.25, 0.3) is 0 Å². The second-order valence-electron chi connectivity index (χ2n) is 3.23. The Kier molecular flexibility index (Phi) is 1.45. The van der Waals surface area contributed by atoms with Crippen LogP contribution in [-0.4, -0.2) is 12.6 Å². The quantitative estimate of drug-likeness (QED) is 0.526. The van der Waals surface area contributed by atoms with E-state index in [1.165, 1.54) is 0 Å². The monoisotopic (exact) mass is 128 g/mol. The van der Waals surface area contributed by atoms with Gasteiger partial charge in [0.05, 0.1) is 0 Å². The minimum absolute atomic E-state index is 0.0301. The van der Waals surface area contributed by atoms with Crippen molar-refractivity contribution in [3.8, 4) is 0 Å². The number of aliphatic imine (C=N–C) groups is 1. The van der Waals surface area contributed by atoms with Gasteiger partial charge in [-0.1, -0.05) is 20.8 Å². The molecule has 1 aliphatic heterocycles. The molecule has 0 saturated heterocycles. The lowest BCUT2D eigenvalue weighted by Crippen LogP contribution is -2.26. The van der Waals surface area contributed by atoms with E-state index in [1.54, 1.807) is 6.34 Å². The van der Waals surface area contributed by atoms with Crippen molar-refractivity contribution in [2.45, 2.75) is 27.0 Å². The molecule has 1 heterocycles. The lowest BCUT2D eigenvalue weighted by Gasteiger charge is -2.21. The van der Waals surface area contributed by atoms with E-state index in [1.807, 2.05) is 0 Å². The Bertz CT molecular complexity index is 126. The standard InChI is InChI=1S/C6H12N2O/c1-6(2,3)5-7-4-8-9-5/h4-5H,1-3H3,(H,7,8). The molecule has 1 atom stereocenters. The van der Waals surface area contributed by atoms with Crippen molar-refractivity contribution in [2.24, 2.45) is 10.4 Å². The van der Waals surface area contributed by atoms with Crippen LogP contribution < -0.4 is 5.48 Å². The molecule has 0 saturated carbocycles. The summed E-state index contributed by atoms with van der Waals surface area (Å²) in [4.78, 5) is 9.09. The molecular weight excluding hydrogens is 116 g/mol. The first-order valence-corrected chi connectivity index (χ1v) is 3.03. The normalized spacial score (nSPS) is 26.3. The first-order valence-electron chi connectivity index (χ1n) is 3.03. The lowest BCUT2D eigenvalue weighted by atomic mass is 9.95. The van der Waals surface area contributed by atoms with Crippen LogP contribution in [0.4, 0.5) is 0 Å².